The number of amidine groups is 1. The van der Waals surface area contributed by atoms with Crippen LogP contribution in [-0.2, 0) is 9.84 Å². The predicted octanol–water partition coefficient (Wildman–Crippen LogP) is 1.23. The van der Waals surface area contributed by atoms with Crippen molar-refractivity contribution in [2.45, 2.75) is 11.8 Å². The molecule has 1 amide bonds. The minimum absolute atomic E-state index is 0.143. The fraction of sp³-hybridized carbons (Fsp3) is 0.333. The maximum Gasteiger partial charge on any atom is 0.257 e. The van der Waals surface area contributed by atoms with Crippen LogP contribution >= 0.6 is 11.8 Å². The Kier molecular flexibility index (Phi) is 3.96. The number of hydrogen-bond acceptors (Lipinski definition) is 5. The molecular formula is C12H14N2O3S2. The first-order valence-corrected chi connectivity index (χ1v) is 8.55. The lowest BCUT2D eigenvalue weighted by Gasteiger charge is -2.08. The van der Waals surface area contributed by atoms with E-state index in [-0.39, 0.29) is 10.8 Å². The van der Waals surface area contributed by atoms with Crippen molar-refractivity contribution in [2.24, 2.45) is 4.99 Å². The lowest BCUT2D eigenvalue weighted by molar-refractivity contribution is 0.0977. The van der Waals surface area contributed by atoms with E-state index >= 15 is 0 Å². The van der Waals surface area contributed by atoms with Gasteiger partial charge in [-0.15, -0.1) is 0 Å². The van der Waals surface area contributed by atoms with Gasteiger partial charge in [-0.05, 0) is 24.6 Å². The summed E-state index contributed by atoms with van der Waals surface area (Å²) < 4.78 is 23.0. The number of hydrogen-bond donors (Lipinski definition) is 1. The van der Waals surface area contributed by atoms with Crippen LogP contribution in [0.4, 0.5) is 0 Å². The van der Waals surface area contributed by atoms with Crippen LogP contribution < -0.4 is 5.32 Å². The number of benzene rings is 1. The second-order valence-corrected chi connectivity index (χ2v) is 7.34. The highest BCUT2D eigenvalue weighted by molar-refractivity contribution is 8.14. The Hall–Kier alpha value is -1.34. The molecule has 0 aliphatic carbocycles. The molecule has 1 aromatic rings. The highest BCUT2D eigenvalue weighted by atomic mass is 32.2. The third kappa shape index (κ3) is 3.36. The van der Waals surface area contributed by atoms with E-state index in [1.54, 1.807) is 13.0 Å². The van der Waals surface area contributed by atoms with Gasteiger partial charge in [-0.1, -0.05) is 17.8 Å². The Morgan fingerprint density at radius 1 is 1.42 bits per heavy atom. The van der Waals surface area contributed by atoms with Crippen molar-refractivity contribution < 1.29 is 13.2 Å². The molecule has 0 bridgehead atoms. The van der Waals surface area contributed by atoms with Gasteiger partial charge in [0.15, 0.2) is 15.0 Å². The van der Waals surface area contributed by atoms with Crippen LogP contribution in [0, 0.1) is 6.92 Å². The number of aryl methyl sites for hydroxylation is 1. The van der Waals surface area contributed by atoms with Gasteiger partial charge in [0.25, 0.3) is 5.91 Å². The summed E-state index contributed by atoms with van der Waals surface area (Å²) in [5, 5.41) is 3.29. The molecule has 7 heteroatoms. The molecule has 0 spiro atoms. The van der Waals surface area contributed by atoms with E-state index in [9.17, 15) is 13.2 Å². The normalized spacial score (nSPS) is 15.2. The van der Waals surface area contributed by atoms with Gasteiger partial charge in [-0.25, -0.2) is 8.42 Å². The number of thioether (sulfide) groups is 1. The molecule has 1 aromatic carbocycles. The molecule has 1 aliphatic heterocycles. The van der Waals surface area contributed by atoms with Gasteiger partial charge in [0.05, 0.1) is 11.4 Å². The molecule has 0 atom stereocenters. The van der Waals surface area contributed by atoms with E-state index in [0.717, 1.165) is 17.6 Å². The molecule has 0 saturated carbocycles. The van der Waals surface area contributed by atoms with Crippen molar-refractivity contribution in [3.05, 3.63) is 29.3 Å². The summed E-state index contributed by atoms with van der Waals surface area (Å²) in [6.45, 7) is 2.47. The Bertz CT molecular complexity index is 651. The molecule has 0 saturated heterocycles. The van der Waals surface area contributed by atoms with E-state index in [1.807, 2.05) is 0 Å². The van der Waals surface area contributed by atoms with Gasteiger partial charge in [0, 0.05) is 17.6 Å². The largest absolute Gasteiger partial charge is 0.301 e. The molecule has 1 heterocycles. The van der Waals surface area contributed by atoms with Crippen LogP contribution in [-0.4, -0.2) is 38.0 Å². The maximum atomic E-state index is 12.1. The van der Waals surface area contributed by atoms with Crippen molar-refractivity contribution in [2.75, 3.05) is 18.6 Å². The second kappa shape index (κ2) is 5.34. The maximum absolute atomic E-state index is 12.1. The molecule has 1 aliphatic rings. The van der Waals surface area contributed by atoms with Crippen LogP contribution in [0.1, 0.15) is 15.9 Å². The summed E-state index contributed by atoms with van der Waals surface area (Å²) in [6, 6.07) is 4.54. The number of aliphatic imine (C=N–C) groups is 1. The van der Waals surface area contributed by atoms with Crippen molar-refractivity contribution in [1.82, 2.24) is 5.32 Å². The molecule has 19 heavy (non-hydrogen) atoms. The smallest absolute Gasteiger partial charge is 0.257 e. The quantitative estimate of drug-likeness (QED) is 0.891. The Labute approximate surface area is 116 Å². The lowest BCUT2D eigenvalue weighted by atomic mass is 10.1. The van der Waals surface area contributed by atoms with Gasteiger partial charge in [0.2, 0.25) is 0 Å². The predicted molar refractivity (Wildman–Crippen MR) is 76.5 cm³/mol. The minimum atomic E-state index is -3.32. The van der Waals surface area contributed by atoms with E-state index in [1.165, 1.54) is 23.9 Å². The van der Waals surface area contributed by atoms with Gasteiger partial charge >= 0.3 is 0 Å². The third-order valence-electron chi connectivity index (χ3n) is 2.69. The number of nitrogens with zero attached hydrogens (tertiary/aromatic N) is 1. The van der Waals surface area contributed by atoms with Crippen molar-refractivity contribution in [3.8, 4) is 0 Å². The average Bonchev–Trinajstić information content (AvgIpc) is 2.80. The molecule has 102 valence electrons. The summed E-state index contributed by atoms with van der Waals surface area (Å²) in [5.41, 5.74) is 1.09. The summed E-state index contributed by atoms with van der Waals surface area (Å²) in [4.78, 5) is 16.4. The average molecular weight is 298 g/mol. The minimum Gasteiger partial charge on any atom is -0.301 e. The summed E-state index contributed by atoms with van der Waals surface area (Å²) in [6.07, 6.45) is 1.12. The van der Waals surface area contributed by atoms with Crippen LogP contribution in [0.15, 0.2) is 28.1 Å². The molecule has 1 N–H and O–H groups in total. The Morgan fingerprint density at radius 2 is 2.16 bits per heavy atom. The highest BCUT2D eigenvalue weighted by Crippen LogP contribution is 2.16. The van der Waals surface area contributed by atoms with Crippen LogP contribution in [0.5, 0.6) is 0 Å². The molecular weight excluding hydrogens is 284 g/mol. The van der Waals surface area contributed by atoms with Crippen molar-refractivity contribution in [3.63, 3.8) is 0 Å². The SMILES string of the molecule is Cc1ccc(S(C)(=O)=O)cc1C(=O)NC1=NCCS1. The van der Waals surface area contributed by atoms with Gasteiger partial charge in [0.1, 0.15) is 0 Å². The molecule has 0 aromatic heterocycles. The van der Waals surface area contributed by atoms with Crippen molar-refractivity contribution >= 4 is 32.7 Å². The highest BCUT2D eigenvalue weighted by Gasteiger charge is 2.17. The number of carbonyl (C=O) groups is 1. The van der Waals surface area contributed by atoms with E-state index in [4.69, 9.17) is 0 Å². The zero-order valence-electron chi connectivity index (χ0n) is 10.6. The molecule has 5 nitrogen and oxygen atoms in total. The van der Waals surface area contributed by atoms with Crippen LogP contribution in [0.2, 0.25) is 0 Å². The van der Waals surface area contributed by atoms with Gasteiger partial charge in [-0.3, -0.25) is 9.79 Å². The first-order chi connectivity index (χ1) is 8.88. The third-order valence-corrected chi connectivity index (χ3v) is 4.69. The Morgan fingerprint density at radius 3 is 2.74 bits per heavy atom. The second-order valence-electron chi connectivity index (χ2n) is 4.24. The summed E-state index contributed by atoms with van der Waals surface area (Å²) >= 11 is 1.48. The van der Waals surface area contributed by atoms with Gasteiger partial charge < -0.3 is 5.32 Å². The first kappa shape index (κ1) is 14.1. The fourth-order valence-corrected chi connectivity index (χ4v) is 3.02. The van der Waals surface area contributed by atoms with Crippen molar-refractivity contribution in [1.29, 1.82) is 0 Å². The van der Waals surface area contributed by atoms with E-state index in [2.05, 4.69) is 10.3 Å². The molecule has 0 radical (unpaired) electrons. The zero-order valence-corrected chi connectivity index (χ0v) is 12.3. The molecule has 2 rings (SSSR count). The summed E-state index contributed by atoms with van der Waals surface area (Å²) in [5.74, 6) is 0.536. The van der Waals surface area contributed by atoms with Crippen LogP contribution in [0.25, 0.3) is 0 Å². The monoisotopic (exact) mass is 298 g/mol. The number of nitrogens with one attached hydrogen (secondary N) is 1. The fourth-order valence-electron chi connectivity index (χ4n) is 1.65. The van der Waals surface area contributed by atoms with Gasteiger partial charge in [-0.2, -0.15) is 0 Å². The molecule has 0 unspecified atom stereocenters. The Balaban J connectivity index is 2.30. The van der Waals surface area contributed by atoms with E-state index < -0.39 is 9.84 Å². The number of amides is 1. The topological polar surface area (TPSA) is 75.6 Å². The lowest BCUT2D eigenvalue weighted by Crippen LogP contribution is -2.28. The number of carbonyl (C=O) groups excluding carboxylic acids is 1. The summed E-state index contributed by atoms with van der Waals surface area (Å²) in [7, 11) is -3.32. The molecule has 0 fully saturated rings. The number of rotatable bonds is 2. The van der Waals surface area contributed by atoms with E-state index in [0.29, 0.717) is 17.3 Å². The zero-order chi connectivity index (χ0) is 14.0. The van der Waals surface area contributed by atoms with Crippen LogP contribution in [0.3, 0.4) is 0 Å². The first-order valence-electron chi connectivity index (χ1n) is 5.67. The number of sulfone groups is 1. The standard InChI is InChI=1S/C12H14N2O3S2/c1-8-3-4-9(19(2,16)17)7-10(8)11(15)14-12-13-5-6-18-12/h3-4,7H,5-6H2,1-2H3,(H,13,14,15).